The first kappa shape index (κ1) is 9.88. The van der Waals surface area contributed by atoms with E-state index in [0.29, 0.717) is 30.3 Å². The molecular weight excluding hydrogens is 176 g/mol. The molecule has 0 aliphatic heterocycles. The van der Waals surface area contributed by atoms with E-state index in [2.05, 4.69) is 0 Å². The minimum Gasteiger partial charge on any atom is -0.300 e. The van der Waals surface area contributed by atoms with Crippen molar-refractivity contribution in [2.75, 3.05) is 0 Å². The first-order chi connectivity index (χ1) is 6.65. The summed E-state index contributed by atoms with van der Waals surface area (Å²) in [5.41, 5.74) is -0.105. The Hall–Kier alpha value is -0.660. The highest BCUT2D eigenvalue weighted by atomic mass is 16.1. The van der Waals surface area contributed by atoms with Crippen molar-refractivity contribution >= 4 is 11.6 Å². The van der Waals surface area contributed by atoms with E-state index in [-0.39, 0.29) is 5.41 Å². The van der Waals surface area contributed by atoms with Crippen LogP contribution in [0.2, 0.25) is 0 Å². The number of hydrogen-bond acceptors (Lipinski definition) is 2. The largest absolute Gasteiger partial charge is 0.300 e. The predicted molar refractivity (Wildman–Crippen MR) is 53.9 cm³/mol. The summed E-state index contributed by atoms with van der Waals surface area (Å²) in [6, 6.07) is 0. The molecule has 0 amide bonds. The zero-order chi connectivity index (χ0) is 10.2. The van der Waals surface area contributed by atoms with Crippen LogP contribution in [0.5, 0.6) is 0 Å². The van der Waals surface area contributed by atoms with Crippen LogP contribution in [0.25, 0.3) is 0 Å². The lowest BCUT2D eigenvalue weighted by atomic mass is 9.57. The fourth-order valence-corrected chi connectivity index (χ4v) is 3.32. The van der Waals surface area contributed by atoms with E-state index in [4.69, 9.17) is 0 Å². The van der Waals surface area contributed by atoms with E-state index >= 15 is 0 Å². The molecule has 0 aromatic rings. The van der Waals surface area contributed by atoms with Gasteiger partial charge >= 0.3 is 0 Å². The summed E-state index contributed by atoms with van der Waals surface area (Å²) < 4.78 is 0. The SMILES string of the molecule is CC(=O)C12CCCCC1CC(=O)CC2. The fraction of sp³-hybridized carbons (Fsp3) is 0.833. The Labute approximate surface area is 85.1 Å². The summed E-state index contributed by atoms with van der Waals surface area (Å²) in [6.45, 7) is 1.72. The molecule has 0 aromatic heterocycles. The van der Waals surface area contributed by atoms with Gasteiger partial charge in [-0.15, -0.1) is 0 Å². The van der Waals surface area contributed by atoms with Crippen LogP contribution in [0.3, 0.4) is 0 Å². The van der Waals surface area contributed by atoms with E-state index in [1.165, 1.54) is 12.8 Å². The van der Waals surface area contributed by atoms with Gasteiger partial charge in [-0.2, -0.15) is 0 Å². The van der Waals surface area contributed by atoms with E-state index in [9.17, 15) is 9.59 Å². The maximum Gasteiger partial charge on any atom is 0.136 e. The molecule has 0 radical (unpaired) electrons. The molecule has 2 nitrogen and oxygen atoms in total. The molecule has 2 aliphatic rings. The second kappa shape index (κ2) is 3.48. The monoisotopic (exact) mass is 194 g/mol. The predicted octanol–water partition coefficient (Wildman–Crippen LogP) is 2.51. The van der Waals surface area contributed by atoms with Gasteiger partial charge in [0, 0.05) is 18.3 Å². The van der Waals surface area contributed by atoms with Crippen molar-refractivity contribution in [2.24, 2.45) is 11.3 Å². The van der Waals surface area contributed by atoms with Crippen LogP contribution < -0.4 is 0 Å². The van der Waals surface area contributed by atoms with E-state index in [1.54, 1.807) is 6.92 Å². The summed E-state index contributed by atoms with van der Waals surface area (Å²) in [5, 5.41) is 0. The molecule has 0 spiro atoms. The first-order valence-corrected chi connectivity index (χ1v) is 5.68. The summed E-state index contributed by atoms with van der Waals surface area (Å²) in [6.07, 6.45) is 6.62. The number of rotatable bonds is 1. The zero-order valence-corrected chi connectivity index (χ0v) is 8.84. The molecule has 0 aromatic carbocycles. The van der Waals surface area contributed by atoms with Crippen LogP contribution in [-0.4, -0.2) is 11.6 Å². The zero-order valence-electron chi connectivity index (χ0n) is 8.84. The Bertz CT molecular complexity index is 269. The molecule has 2 aliphatic carbocycles. The van der Waals surface area contributed by atoms with Crippen molar-refractivity contribution < 1.29 is 9.59 Å². The lowest BCUT2D eigenvalue weighted by Crippen LogP contribution is -2.44. The van der Waals surface area contributed by atoms with Crippen molar-refractivity contribution in [1.29, 1.82) is 0 Å². The molecular formula is C12H18O2. The normalized spacial score (nSPS) is 37.8. The topological polar surface area (TPSA) is 34.1 Å². The summed E-state index contributed by atoms with van der Waals surface area (Å²) in [7, 11) is 0. The smallest absolute Gasteiger partial charge is 0.136 e. The van der Waals surface area contributed by atoms with Crippen molar-refractivity contribution in [3.8, 4) is 0 Å². The number of ketones is 2. The molecule has 0 heterocycles. The van der Waals surface area contributed by atoms with Gasteiger partial charge in [0.1, 0.15) is 11.6 Å². The summed E-state index contributed by atoms with van der Waals surface area (Å²) in [4.78, 5) is 23.1. The highest BCUT2D eigenvalue weighted by molar-refractivity contribution is 5.87. The van der Waals surface area contributed by atoms with Gasteiger partial charge in [-0.3, -0.25) is 9.59 Å². The molecule has 2 fully saturated rings. The van der Waals surface area contributed by atoms with Gasteiger partial charge in [0.2, 0.25) is 0 Å². The number of hydrogen-bond donors (Lipinski definition) is 0. The minimum absolute atomic E-state index is 0.105. The van der Waals surface area contributed by atoms with E-state index in [0.717, 1.165) is 19.3 Å². The van der Waals surface area contributed by atoms with Crippen molar-refractivity contribution in [2.45, 2.75) is 51.9 Å². The molecule has 78 valence electrons. The fourth-order valence-electron chi connectivity index (χ4n) is 3.32. The second-order valence-electron chi connectivity index (χ2n) is 4.90. The third-order valence-corrected chi connectivity index (χ3v) is 4.23. The van der Waals surface area contributed by atoms with Crippen LogP contribution in [0.15, 0.2) is 0 Å². The van der Waals surface area contributed by atoms with Crippen LogP contribution in [-0.2, 0) is 9.59 Å². The van der Waals surface area contributed by atoms with E-state index < -0.39 is 0 Å². The first-order valence-electron chi connectivity index (χ1n) is 5.68. The number of carbonyl (C=O) groups excluding carboxylic acids is 2. The van der Waals surface area contributed by atoms with Crippen LogP contribution in [0.4, 0.5) is 0 Å². The van der Waals surface area contributed by atoms with Gasteiger partial charge in [0.15, 0.2) is 0 Å². The standard InChI is InChI=1S/C12H18O2/c1-9(13)12-6-3-2-4-10(12)8-11(14)5-7-12/h10H,2-8H2,1H3. The third kappa shape index (κ3) is 1.41. The summed E-state index contributed by atoms with van der Waals surface area (Å²) >= 11 is 0. The van der Waals surface area contributed by atoms with Gasteiger partial charge in [0.05, 0.1) is 0 Å². The van der Waals surface area contributed by atoms with Crippen molar-refractivity contribution in [3.05, 3.63) is 0 Å². The van der Waals surface area contributed by atoms with Gasteiger partial charge in [0.25, 0.3) is 0 Å². The Morgan fingerprint density at radius 3 is 2.86 bits per heavy atom. The van der Waals surface area contributed by atoms with Gasteiger partial charge in [-0.25, -0.2) is 0 Å². The Morgan fingerprint density at radius 1 is 1.36 bits per heavy atom. The van der Waals surface area contributed by atoms with Gasteiger partial charge in [-0.05, 0) is 32.1 Å². The second-order valence-corrected chi connectivity index (χ2v) is 4.90. The van der Waals surface area contributed by atoms with E-state index in [1.807, 2.05) is 0 Å². The average Bonchev–Trinajstić information content (AvgIpc) is 2.17. The molecule has 2 atom stereocenters. The lowest BCUT2D eigenvalue weighted by molar-refractivity contribution is -0.139. The maximum atomic E-state index is 11.8. The molecule has 14 heavy (non-hydrogen) atoms. The highest BCUT2D eigenvalue weighted by Crippen LogP contribution is 2.49. The quantitative estimate of drug-likeness (QED) is 0.642. The molecule has 2 heteroatoms. The average molecular weight is 194 g/mol. The van der Waals surface area contributed by atoms with Crippen LogP contribution >= 0.6 is 0 Å². The van der Waals surface area contributed by atoms with Crippen molar-refractivity contribution in [1.82, 2.24) is 0 Å². The molecule has 2 unspecified atom stereocenters. The maximum absolute atomic E-state index is 11.8. The minimum atomic E-state index is -0.105. The van der Waals surface area contributed by atoms with Gasteiger partial charge < -0.3 is 0 Å². The van der Waals surface area contributed by atoms with Gasteiger partial charge in [-0.1, -0.05) is 12.8 Å². The Kier molecular flexibility index (Phi) is 2.46. The van der Waals surface area contributed by atoms with Crippen LogP contribution in [0, 0.1) is 11.3 Å². The molecule has 2 saturated carbocycles. The Balaban J connectivity index is 2.24. The lowest BCUT2D eigenvalue weighted by Gasteiger charge is -2.45. The molecule has 0 saturated heterocycles. The van der Waals surface area contributed by atoms with Crippen LogP contribution in [0.1, 0.15) is 51.9 Å². The third-order valence-electron chi connectivity index (χ3n) is 4.23. The number of carbonyl (C=O) groups is 2. The molecule has 0 bridgehead atoms. The Morgan fingerprint density at radius 2 is 2.14 bits per heavy atom. The number of fused-ring (bicyclic) bond motifs is 1. The summed E-state index contributed by atoms with van der Waals surface area (Å²) in [5.74, 6) is 1.07. The molecule has 2 rings (SSSR count). The highest BCUT2D eigenvalue weighted by Gasteiger charge is 2.47. The number of Topliss-reactive ketones (excluding diaryl/α,β-unsaturated/α-hetero) is 2. The molecule has 0 N–H and O–H groups in total. The van der Waals surface area contributed by atoms with Crippen molar-refractivity contribution in [3.63, 3.8) is 0 Å².